The molecule has 0 aliphatic carbocycles. The van der Waals surface area contributed by atoms with Gasteiger partial charge in [0, 0.05) is 6.42 Å². The van der Waals surface area contributed by atoms with Gasteiger partial charge >= 0.3 is 0 Å². The second kappa shape index (κ2) is 2.57. The van der Waals surface area contributed by atoms with Crippen molar-refractivity contribution in [2.45, 2.75) is 45.0 Å². The fraction of sp³-hybridized carbons (Fsp3) is 0.875. The molecule has 0 aromatic rings. The van der Waals surface area contributed by atoms with Gasteiger partial charge in [0.25, 0.3) is 0 Å². The zero-order valence-electron chi connectivity index (χ0n) is 7.13. The van der Waals surface area contributed by atoms with E-state index in [1.54, 1.807) is 13.8 Å². The number of Topliss-reactive ketones (excluding diaryl/α,β-unsaturated/α-hetero) is 1. The first-order valence-corrected chi connectivity index (χ1v) is 3.83. The normalized spacial score (nSPS) is 37.3. The molecule has 64 valence electrons. The molecule has 0 amide bonds. The first-order valence-electron chi connectivity index (χ1n) is 3.83. The maximum Gasteiger partial charge on any atom is 0.192 e. The van der Waals surface area contributed by atoms with E-state index in [1.807, 2.05) is 6.92 Å². The van der Waals surface area contributed by atoms with Crippen LogP contribution in [0.3, 0.4) is 0 Å². The van der Waals surface area contributed by atoms with Crippen molar-refractivity contribution in [1.82, 2.24) is 0 Å². The summed E-state index contributed by atoms with van der Waals surface area (Å²) >= 11 is 0. The molecule has 1 aliphatic rings. The van der Waals surface area contributed by atoms with Crippen molar-refractivity contribution in [1.29, 1.82) is 0 Å². The van der Waals surface area contributed by atoms with Crippen molar-refractivity contribution in [3.63, 3.8) is 0 Å². The molecule has 3 heteroatoms. The largest absolute Gasteiger partial charge is 0.385 e. The van der Waals surface area contributed by atoms with Gasteiger partial charge in [-0.2, -0.15) is 0 Å². The molecule has 1 saturated heterocycles. The predicted molar refractivity (Wildman–Crippen MR) is 40.3 cm³/mol. The second-order valence-electron chi connectivity index (χ2n) is 3.55. The molecule has 0 spiro atoms. The highest BCUT2D eigenvalue weighted by molar-refractivity contribution is 5.90. The second-order valence-corrected chi connectivity index (χ2v) is 3.55. The molecule has 1 rings (SSSR count). The van der Waals surface area contributed by atoms with Gasteiger partial charge < -0.3 is 9.84 Å². The Morgan fingerprint density at radius 2 is 2.18 bits per heavy atom. The highest BCUT2D eigenvalue weighted by Crippen LogP contribution is 2.24. The number of hydrogen-bond donors (Lipinski definition) is 1. The molecule has 0 radical (unpaired) electrons. The summed E-state index contributed by atoms with van der Waals surface area (Å²) in [5.41, 5.74) is -0.808. The first kappa shape index (κ1) is 8.68. The van der Waals surface area contributed by atoms with Crippen molar-refractivity contribution < 1.29 is 14.6 Å². The Morgan fingerprint density at radius 3 is 2.64 bits per heavy atom. The fourth-order valence-corrected chi connectivity index (χ4v) is 1.43. The third-order valence-corrected chi connectivity index (χ3v) is 1.95. The van der Waals surface area contributed by atoms with Crippen molar-refractivity contribution in [3.8, 4) is 0 Å². The summed E-state index contributed by atoms with van der Waals surface area (Å²) in [6.45, 7) is 5.24. The van der Waals surface area contributed by atoms with Gasteiger partial charge in [-0.15, -0.1) is 0 Å². The lowest BCUT2D eigenvalue weighted by Crippen LogP contribution is -2.50. The molecular formula is C8H14O3. The minimum Gasteiger partial charge on any atom is -0.385 e. The third-order valence-electron chi connectivity index (χ3n) is 1.95. The van der Waals surface area contributed by atoms with Gasteiger partial charge in [0.1, 0.15) is 11.7 Å². The molecule has 1 N–H and O–H groups in total. The van der Waals surface area contributed by atoms with Crippen LogP contribution in [0, 0.1) is 0 Å². The van der Waals surface area contributed by atoms with E-state index in [0.717, 1.165) is 0 Å². The Bertz CT molecular complexity index is 174. The van der Waals surface area contributed by atoms with E-state index in [2.05, 4.69) is 0 Å². The van der Waals surface area contributed by atoms with Crippen LogP contribution < -0.4 is 0 Å². The van der Waals surface area contributed by atoms with Gasteiger partial charge in [-0.3, -0.25) is 4.79 Å². The summed E-state index contributed by atoms with van der Waals surface area (Å²) in [7, 11) is 0. The van der Waals surface area contributed by atoms with Crippen LogP contribution >= 0.6 is 0 Å². The van der Waals surface area contributed by atoms with E-state index in [0.29, 0.717) is 6.42 Å². The topological polar surface area (TPSA) is 46.5 Å². The van der Waals surface area contributed by atoms with Crippen LogP contribution in [0.1, 0.15) is 27.2 Å². The SMILES string of the molecule is C[C@@H]1C[C@@H](O)C(=O)C(C)(C)O1. The Balaban J connectivity index is 2.75. The zero-order valence-corrected chi connectivity index (χ0v) is 7.13. The Labute approximate surface area is 66.4 Å². The van der Waals surface area contributed by atoms with Crippen molar-refractivity contribution in [2.24, 2.45) is 0 Å². The van der Waals surface area contributed by atoms with Crippen LogP contribution in [0.5, 0.6) is 0 Å². The minimum atomic E-state index is -0.839. The van der Waals surface area contributed by atoms with E-state index in [1.165, 1.54) is 0 Å². The monoisotopic (exact) mass is 158 g/mol. The number of carbonyl (C=O) groups excluding carboxylic acids is 1. The van der Waals surface area contributed by atoms with E-state index in [-0.39, 0.29) is 11.9 Å². The third kappa shape index (κ3) is 1.60. The molecule has 0 unspecified atom stereocenters. The van der Waals surface area contributed by atoms with Crippen LogP contribution in [0.25, 0.3) is 0 Å². The average Bonchev–Trinajstić information content (AvgIpc) is 1.81. The van der Waals surface area contributed by atoms with Crippen molar-refractivity contribution >= 4 is 5.78 Å². The van der Waals surface area contributed by atoms with Gasteiger partial charge in [-0.25, -0.2) is 0 Å². The Kier molecular flexibility index (Phi) is 2.03. The van der Waals surface area contributed by atoms with Gasteiger partial charge in [-0.1, -0.05) is 0 Å². The molecule has 3 nitrogen and oxygen atoms in total. The number of aliphatic hydroxyl groups excluding tert-OH is 1. The Hall–Kier alpha value is -0.410. The molecular weight excluding hydrogens is 144 g/mol. The lowest BCUT2D eigenvalue weighted by molar-refractivity contribution is -0.171. The van der Waals surface area contributed by atoms with E-state index >= 15 is 0 Å². The van der Waals surface area contributed by atoms with Gasteiger partial charge in [-0.05, 0) is 20.8 Å². The van der Waals surface area contributed by atoms with Crippen LogP contribution in [0.2, 0.25) is 0 Å². The number of aliphatic hydroxyl groups is 1. The molecule has 0 aromatic heterocycles. The lowest BCUT2D eigenvalue weighted by Gasteiger charge is -2.35. The molecule has 11 heavy (non-hydrogen) atoms. The standard InChI is InChI=1S/C8H14O3/c1-5-4-6(9)7(10)8(2,3)11-5/h5-6,9H,4H2,1-3H3/t5-,6-/m1/s1. The lowest BCUT2D eigenvalue weighted by atomic mass is 9.91. The summed E-state index contributed by atoms with van der Waals surface area (Å²) in [5, 5.41) is 9.25. The maximum atomic E-state index is 11.2. The molecule has 2 atom stereocenters. The quantitative estimate of drug-likeness (QED) is 0.558. The van der Waals surface area contributed by atoms with Crippen LogP contribution in [-0.4, -0.2) is 28.7 Å². The van der Waals surface area contributed by atoms with Crippen LogP contribution in [0.4, 0.5) is 0 Å². The first-order chi connectivity index (χ1) is 4.93. The molecule has 0 saturated carbocycles. The average molecular weight is 158 g/mol. The molecule has 1 aliphatic heterocycles. The summed E-state index contributed by atoms with van der Waals surface area (Å²) in [4.78, 5) is 11.2. The van der Waals surface area contributed by atoms with Gasteiger partial charge in [0.15, 0.2) is 5.78 Å². The zero-order chi connectivity index (χ0) is 8.65. The van der Waals surface area contributed by atoms with Gasteiger partial charge in [0.2, 0.25) is 0 Å². The van der Waals surface area contributed by atoms with E-state index < -0.39 is 11.7 Å². The Morgan fingerprint density at radius 1 is 1.64 bits per heavy atom. The molecule has 0 bridgehead atoms. The fourth-order valence-electron chi connectivity index (χ4n) is 1.43. The number of rotatable bonds is 0. The summed E-state index contributed by atoms with van der Waals surface area (Å²) in [5.74, 6) is -0.212. The van der Waals surface area contributed by atoms with Crippen LogP contribution in [-0.2, 0) is 9.53 Å². The molecule has 1 fully saturated rings. The van der Waals surface area contributed by atoms with Gasteiger partial charge in [0.05, 0.1) is 6.10 Å². The minimum absolute atomic E-state index is 0.0299. The van der Waals surface area contributed by atoms with Crippen molar-refractivity contribution in [2.75, 3.05) is 0 Å². The van der Waals surface area contributed by atoms with Crippen molar-refractivity contribution in [3.05, 3.63) is 0 Å². The summed E-state index contributed by atoms with van der Waals surface area (Å²) in [6.07, 6.45) is -0.450. The van der Waals surface area contributed by atoms with E-state index in [4.69, 9.17) is 4.74 Å². The smallest absolute Gasteiger partial charge is 0.192 e. The number of hydrogen-bond acceptors (Lipinski definition) is 3. The molecule has 1 heterocycles. The van der Waals surface area contributed by atoms with Crippen LogP contribution in [0.15, 0.2) is 0 Å². The molecule has 0 aromatic carbocycles. The number of carbonyl (C=O) groups is 1. The highest BCUT2D eigenvalue weighted by Gasteiger charge is 2.40. The number of ether oxygens (including phenoxy) is 1. The maximum absolute atomic E-state index is 11.2. The summed E-state index contributed by atoms with van der Waals surface area (Å²) < 4.78 is 5.35. The summed E-state index contributed by atoms with van der Waals surface area (Å²) in [6, 6.07) is 0. The number of ketones is 1. The highest BCUT2D eigenvalue weighted by atomic mass is 16.5. The predicted octanol–water partition coefficient (Wildman–Crippen LogP) is 0.504. The van der Waals surface area contributed by atoms with E-state index in [9.17, 15) is 9.90 Å².